The minimum Gasteiger partial charge on any atom is -0.456 e. The van der Waals surface area contributed by atoms with E-state index in [2.05, 4.69) is 4.79 Å². The highest BCUT2D eigenvalue weighted by Gasteiger charge is 2.62. The highest BCUT2D eigenvalue weighted by molar-refractivity contribution is 6.07. The van der Waals surface area contributed by atoms with E-state index in [4.69, 9.17) is 28.4 Å². The molecule has 0 fully saturated rings. The van der Waals surface area contributed by atoms with Crippen molar-refractivity contribution in [1.29, 1.82) is 0 Å². The normalized spacial score (nSPS) is 16.5. The van der Waals surface area contributed by atoms with E-state index < -0.39 is 40.1 Å². The molecule has 0 unspecified atom stereocenters. The number of rotatable bonds is 4. The summed E-state index contributed by atoms with van der Waals surface area (Å²) >= 11 is 0. The molecule has 3 spiro atoms. The summed E-state index contributed by atoms with van der Waals surface area (Å²) in [5.41, 5.74) is 10.9. The molecule has 6 aliphatic rings. The number of ether oxygens (including phenoxy) is 6. The predicted molar refractivity (Wildman–Crippen MR) is 264 cm³/mol. The smallest absolute Gasteiger partial charge is 0.340 e. The Kier molecular flexibility index (Phi) is 8.08. The summed E-state index contributed by atoms with van der Waals surface area (Å²) in [5.74, 6) is 0.848. The molecule has 9 aromatic carbocycles. The summed E-state index contributed by atoms with van der Waals surface area (Å²) in [6, 6.07) is 60.7. The van der Waals surface area contributed by atoms with Gasteiger partial charge in [0.1, 0.15) is 39.9 Å². The van der Waals surface area contributed by atoms with Gasteiger partial charge >= 0.3 is 17.9 Å². The van der Waals surface area contributed by atoms with Gasteiger partial charge in [0.15, 0.2) is 16.8 Å². The van der Waals surface area contributed by atoms with Crippen LogP contribution >= 0.6 is 0 Å². The van der Waals surface area contributed by atoms with Gasteiger partial charge < -0.3 is 34.0 Å². The molecule has 0 radical (unpaired) electrons. The number of carbonyl (C=O) groups is 3. The summed E-state index contributed by atoms with van der Waals surface area (Å²) in [6.45, 7) is 0. The Morgan fingerprint density at radius 3 is 0.808 bits per heavy atom. The molecule has 11 heteroatoms. The fraction of sp³-hybridized carbons (Fsp3) is 0.0645. The summed E-state index contributed by atoms with van der Waals surface area (Å²) in [5, 5.41) is 0. The van der Waals surface area contributed by atoms with Crippen LogP contribution in [0.2, 0.25) is 0 Å². The Morgan fingerprint density at radius 1 is 0.329 bits per heavy atom. The molecule has 0 saturated heterocycles. The Bertz CT molecular complexity index is 3520. The number of fused-ring (bicyclic) bond motifs is 18. The van der Waals surface area contributed by atoms with Crippen molar-refractivity contribution in [3.8, 4) is 34.5 Å². The van der Waals surface area contributed by atoms with Gasteiger partial charge in [-0.15, -0.1) is 0 Å². The lowest BCUT2D eigenvalue weighted by atomic mass is 9.63. The summed E-state index contributed by atoms with van der Waals surface area (Å²) in [4.78, 5) is 50.5. The molecular weight excluding hydrogens is 917 g/mol. The van der Waals surface area contributed by atoms with Crippen LogP contribution in [0, 0.1) is 0 Å². The molecule has 15 rings (SSSR count). The molecule has 0 aliphatic carbocycles. The molecule has 6 aliphatic heterocycles. The number of hydrogen-bond donors (Lipinski definition) is 0. The van der Waals surface area contributed by atoms with E-state index in [0.29, 0.717) is 84.6 Å². The molecule has 0 atom stereocenters. The number of benzene rings is 9. The van der Waals surface area contributed by atoms with Gasteiger partial charge in [-0.05, 0) is 53.1 Å². The Labute approximate surface area is 416 Å². The zero-order valence-electron chi connectivity index (χ0n) is 38.2. The fourth-order valence-electron chi connectivity index (χ4n) is 12.7. The second-order valence-corrected chi connectivity index (χ2v) is 18.7. The van der Waals surface area contributed by atoms with Crippen LogP contribution in [0.5, 0.6) is 34.5 Å². The van der Waals surface area contributed by atoms with Crippen LogP contribution in [0.15, 0.2) is 200 Å². The topological polar surface area (TPSA) is 143 Å². The third-order valence-electron chi connectivity index (χ3n) is 15.5. The van der Waals surface area contributed by atoms with Crippen LogP contribution in [0.3, 0.4) is 0 Å². The summed E-state index contributed by atoms with van der Waals surface area (Å²) in [6.07, 6.45) is 1.28. The summed E-state index contributed by atoms with van der Waals surface area (Å²) < 4.78 is 39.8. The first-order valence-electron chi connectivity index (χ1n) is 23.8. The quantitative estimate of drug-likeness (QED) is 0.0420. The molecule has 73 heavy (non-hydrogen) atoms. The highest BCUT2D eigenvalue weighted by atomic mass is 16.6. The highest BCUT2D eigenvalue weighted by Crippen LogP contribution is 2.63. The first-order valence-corrected chi connectivity index (χ1v) is 23.8. The van der Waals surface area contributed by atoms with Gasteiger partial charge in [-0.1, -0.05) is 164 Å². The van der Waals surface area contributed by atoms with Crippen molar-refractivity contribution >= 4 is 24.1 Å². The van der Waals surface area contributed by atoms with Gasteiger partial charge in [-0.3, -0.25) is 0 Å². The number of hydrogen-bond acceptors (Lipinski definition) is 9. The molecule has 0 aromatic heterocycles. The zero-order valence-corrected chi connectivity index (χ0v) is 38.2. The van der Waals surface area contributed by atoms with E-state index in [1.807, 2.05) is 164 Å². The van der Waals surface area contributed by atoms with Crippen molar-refractivity contribution in [2.75, 3.05) is 0 Å². The molecule has 346 valence electrons. The van der Waals surface area contributed by atoms with E-state index in [0.717, 1.165) is 0 Å². The molecule has 0 saturated carbocycles. The van der Waals surface area contributed by atoms with E-state index >= 15 is 14.4 Å². The molecule has 6 heterocycles. The maximum Gasteiger partial charge on any atom is 0.340 e. The Morgan fingerprint density at radius 2 is 0.562 bits per heavy atom. The number of para-hydroxylation sites is 6. The van der Waals surface area contributed by atoms with Crippen molar-refractivity contribution in [1.82, 2.24) is 0 Å². The first-order chi connectivity index (χ1) is 35.8. The maximum atomic E-state index is 15.5. The van der Waals surface area contributed by atoms with Gasteiger partial charge in [0.2, 0.25) is 0 Å². The predicted octanol–water partition coefficient (Wildman–Crippen LogP) is 12.0. The minimum atomic E-state index is -1.99. The van der Waals surface area contributed by atoms with Crippen molar-refractivity contribution in [2.24, 2.45) is 0 Å². The zero-order chi connectivity index (χ0) is 48.8. The van der Waals surface area contributed by atoms with Crippen molar-refractivity contribution in [3.05, 3.63) is 289 Å². The van der Waals surface area contributed by atoms with Crippen LogP contribution in [-0.4, -0.2) is 28.9 Å². The van der Waals surface area contributed by atoms with Crippen molar-refractivity contribution in [3.63, 3.8) is 0 Å². The molecule has 0 amide bonds. The lowest BCUT2D eigenvalue weighted by Gasteiger charge is -2.37. The van der Waals surface area contributed by atoms with Gasteiger partial charge in [0.05, 0.1) is 16.7 Å². The molecule has 11 nitrogen and oxygen atoms in total. The van der Waals surface area contributed by atoms with Crippen molar-refractivity contribution < 1.29 is 47.6 Å². The Hall–Kier alpha value is -9.83. The first kappa shape index (κ1) is 41.0. The standard InChI is InChI=1S/C62H34N2O9/c63-64-34-59(41-22-13-25-44-53(41)56(65)71-60(44)35-16-1-7-28-47(35)68-48-29-8-2-17-36(48)60,42-23-14-26-45-54(42)57(66)72-61(45)37-18-3-9-30-49(37)69-50-31-10-4-19-38(50)61)43-24-15-27-46-55(43)58(67)73-62(46)39-20-5-11-32-51(39)70-52-33-12-6-21-40(52)62/h1-34H. The number of esters is 3. The van der Waals surface area contributed by atoms with E-state index in [1.54, 1.807) is 36.4 Å². The van der Waals surface area contributed by atoms with Gasteiger partial charge in [0, 0.05) is 50.1 Å². The van der Waals surface area contributed by atoms with Crippen LogP contribution < -0.4 is 14.2 Å². The molecule has 0 bridgehead atoms. The van der Waals surface area contributed by atoms with E-state index in [1.165, 1.54) is 6.21 Å². The van der Waals surface area contributed by atoms with Gasteiger partial charge in [0.25, 0.3) is 6.21 Å². The van der Waals surface area contributed by atoms with Crippen LogP contribution in [-0.2, 0) is 36.4 Å². The number of carbonyl (C=O) groups excluding carboxylic acids is 3. The van der Waals surface area contributed by atoms with Crippen molar-refractivity contribution in [2.45, 2.75) is 22.2 Å². The largest absolute Gasteiger partial charge is 0.456 e. The third-order valence-corrected chi connectivity index (χ3v) is 15.5. The van der Waals surface area contributed by atoms with Crippen LogP contribution in [0.25, 0.3) is 5.53 Å². The lowest BCUT2D eigenvalue weighted by Crippen LogP contribution is -2.37. The Balaban J connectivity index is 1.08. The molecule has 0 N–H and O–H groups in total. The second kappa shape index (κ2) is 14.4. The summed E-state index contributed by atoms with van der Waals surface area (Å²) in [7, 11) is 0. The minimum absolute atomic E-state index is 0.120. The molecular formula is C62H34N2O9. The fourth-order valence-corrected chi connectivity index (χ4v) is 12.7. The number of nitrogens with zero attached hydrogens (tertiary/aromatic N) is 2. The third kappa shape index (κ3) is 4.95. The SMILES string of the molecule is [N-]=[N+]=CC(c1cccc2c1C(=O)OC21c2ccccc2Oc2ccccc21)(c1cccc2c1C(=O)OC21c2ccccc2Oc2ccccc21)c1cccc2c1C(=O)OC21c2ccccc2Oc2ccccc21. The van der Waals surface area contributed by atoms with Gasteiger partial charge in [-0.2, -0.15) is 4.79 Å². The molecule has 9 aromatic rings. The van der Waals surface area contributed by atoms with E-state index in [-0.39, 0.29) is 33.4 Å². The lowest BCUT2D eigenvalue weighted by molar-refractivity contribution is -0.00223. The monoisotopic (exact) mass is 950 g/mol. The van der Waals surface area contributed by atoms with E-state index in [9.17, 15) is 5.53 Å². The second-order valence-electron chi connectivity index (χ2n) is 18.7. The van der Waals surface area contributed by atoms with Gasteiger partial charge in [-0.25, -0.2) is 14.4 Å². The maximum absolute atomic E-state index is 15.5. The average Bonchev–Trinajstić information content (AvgIpc) is 4.03. The average molecular weight is 951 g/mol. The van der Waals surface area contributed by atoms with Crippen LogP contribution in [0.1, 0.15) is 97.8 Å². The van der Waals surface area contributed by atoms with Crippen LogP contribution in [0.4, 0.5) is 0 Å².